The molecule has 0 nitrogen and oxygen atoms in total. The van der Waals surface area contributed by atoms with Gasteiger partial charge in [0, 0.05) is 0 Å². The van der Waals surface area contributed by atoms with E-state index >= 15 is 0 Å². The van der Waals surface area contributed by atoms with Crippen LogP contribution in [0.25, 0.3) is 0 Å². The van der Waals surface area contributed by atoms with Crippen molar-refractivity contribution in [3.05, 3.63) is 0 Å². The lowest BCUT2D eigenvalue weighted by Crippen LogP contribution is -2.32. The van der Waals surface area contributed by atoms with E-state index in [-0.39, 0.29) is 0 Å². The molecule has 13 heavy (non-hydrogen) atoms. The van der Waals surface area contributed by atoms with Crippen LogP contribution in [0.4, 0.5) is 0 Å². The Morgan fingerprint density at radius 3 is 2.23 bits per heavy atom. The van der Waals surface area contributed by atoms with Crippen LogP contribution in [-0.2, 0) is 0 Å². The molecular weight excluding hydrogens is 156 g/mol. The van der Waals surface area contributed by atoms with Crippen molar-refractivity contribution < 1.29 is 0 Å². The summed E-state index contributed by atoms with van der Waals surface area (Å²) in [7, 11) is 0. The average Bonchev–Trinajstić information content (AvgIpc) is 2.04. The van der Waals surface area contributed by atoms with Gasteiger partial charge in [-0.2, -0.15) is 0 Å². The van der Waals surface area contributed by atoms with Gasteiger partial charge in [-0.3, -0.25) is 0 Å². The van der Waals surface area contributed by atoms with E-state index in [2.05, 4.69) is 34.6 Å². The van der Waals surface area contributed by atoms with Crippen molar-refractivity contribution >= 4 is 0 Å². The zero-order valence-electron chi connectivity index (χ0n) is 10.1. The normalized spacial score (nSPS) is 30.9. The van der Waals surface area contributed by atoms with Crippen LogP contribution in [-0.4, -0.2) is 0 Å². The first kappa shape index (κ1) is 11.1. The van der Waals surface area contributed by atoms with E-state index in [0.29, 0.717) is 5.41 Å². The monoisotopic (exact) mass is 182 g/mol. The second-order valence-electron chi connectivity index (χ2n) is 5.94. The van der Waals surface area contributed by atoms with Gasteiger partial charge in [0.05, 0.1) is 0 Å². The first-order valence-corrected chi connectivity index (χ1v) is 5.94. The quantitative estimate of drug-likeness (QED) is 0.590. The predicted octanol–water partition coefficient (Wildman–Crippen LogP) is 4.49. The second kappa shape index (κ2) is 4.02. The Morgan fingerprint density at radius 2 is 1.77 bits per heavy atom. The minimum absolute atomic E-state index is 0.550. The largest absolute Gasteiger partial charge is 0.0625 e. The molecule has 1 rings (SSSR count). The van der Waals surface area contributed by atoms with Gasteiger partial charge >= 0.3 is 0 Å². The highest BCUT2D eigenvalue weighted by Gasteiger charge is 2.34. The van der Waals surface area contributed by atoms with Crippen LogP contribution in [0.3, 0.4) is 0 Å². The lowest BCUT2D eigenvalue weighted by Gasteiger charge is -2.42. The van der Waals surface area contributed by atoms with Crippen LogP contribution >= 0.6 is 0 Å². The van der Waals surface area contributed by atoms with Crippen molar-refractivity contribution in [1.29, 1.82) is 0 Å². The SMILES string of the molecule is CC1CCCC(C(C)(C)C(C)C)C1. The molecule has 0 N–H and O–H groups in total. The van der Waals surface area contributed by atoms with Crippen molar-refractivity contribution in [1.82, 2.24) is 0 Å². The molecule has 0 aromatic rings. The highest BCUT2D eigenvalue weighted by molar-refractivity contribution is 4.84. The molecule has 0 aromatic carbocycles. The molecule has 0 radical (unpaired) electrons. The summed E-state index contributed by atoms with van der Waals surface area (Å²) in [6, 6.07) is 0. The van der Waals surface area contributed by atoms with Crippen LogP contribution < -0.4 is 0 Å². The summed E-state index contributed by atoms with van der Waals surface area (Å²) >= 11 is 0. The molecule has 0 heteroatoms. The maximum Gasteiger partial charge on any atom is -0.0303 e. The number of hydrogen-bond donors (Lipinski definition) is 0. The van der Waals surface area contributed by atoms with Crippen molar-refractivity contribution in [2.24, 2.45) is 23.2 Å². The third kappa shape index (κ3) is 2.48. The molecule has 1 saturated carbocycles. The fourth-order valence-electron chi connectivity index (χ4n) is 2.58. The molecule has 1 aliphatic carbocycles. The topological polar surface area (TPSA) is 0 Å². The molecule has 0 spiro atoms. The van der Waals surface area contributed by atoms with E-state index in [1.807, 2.05) is 0 Å². The zero-order valence-corrected chi connectivity index (χ0v) is 10.1. The molecule has 2 atom stereocenters. The molecule has 0 amide bonds. The molecule has 0 saturated heterocycles. The van der Waals surface area contributed by atoms with Crippen LogP contribution in [0.1, 0.15) is 60.3 Å². The van der Waals surface area contributed by atoms with E-state index in [0.717, 1.165) is 17.8 Å². The lowest BCUT2D eigenvalue weighted by molar-refractivity contribution is 0.0830. The van der Waals surface area contributed by atoms with Gasteiger partial charge in [0.15, 0.2) is 0 Å². The molecule has 0 heterocycles. The fourth-order valence-corrected chi connectivity index (χ4v) is 2.58. The highest BCUT2D eigenvalue weighted by Crippen LogP contribution is 2.44. The summed E-state index contributed by atoms with van der Waals surface area (Å²) < 4.78 is 0. The maximum atomic E-state index is 2.46. The van der Waals surface area contributed by atoms with Gasteiger partial charge in [0.1, 0.15) is 0 Å². The minimum Gasteiger partial charge on any atom is -0.0625 e. The lowest BCUT2D eigenvalue weighted by atomic mass is 9.64. The zero-order chi connectivity index (χ0) is 10.1. The first-order valence-electron chi connectivity index (χ1n) is 5.94. The smallest absolute Gasteiger partial charge is 0.0303 e. The molecule has 1 fully saturated rings. The Morgan fingerprint density at radius 1 is 1.15 bits per heavy atom. The van der Waals surface area contributed by atoms with E-state index in [1.54, 1.807) is 0 Å². The van der Waals surface area contributed by atoms with Crippen molar-refractivity contribution in [2.45, 2.75) is 60.3 Å². The molecular formula is C13H26. The minimum atomic E-state index is 0.550. The third-order valence-electron chi connectivity index (χ3n) is 4.48. The number of rotatable bonds is 2. The predicted molar refractivity (Wildman–Crippen MR) is 59.7 cm³/mol. The molecule has 78 valence electrons. The van der Waals surface area contributed by atoms with E-state index in [1.165, 1.54) is 25.7 Å². The van der Waals surface area contributed by atoms with Gasteiger partial charge in [-0.05, 0) is 36.0 Å². The molecule has 1 aliphatic rings. The van der Waals surface area contributed by atoms with E-state index in [4.69, 9.17) is 0 Å². The third-order valence-corrected chi connectivity index (χ3v) is 4.48. The van der Waals surface area contributed by atoms with E-state index in [9.17, 15) is 0 Å². The van der Waals surface area contributed by atoms with Crippen LogP contribution in [0.5, 0.6) is 0 Å². The van der Waals surface area contributed by atoms with Gasteiger partial charge in [-0.25, -0.2) is 0 Å². The summed E-state index contributed by atoms with van der Waals surface area (Å²) in [5.41, 5.74) is 0.550. The number of hydrogen-bond acceptors (Lipinski definition) is 0. The van der Waals surface area contributed by atoms with Gasteiger partial charge in [0.2, 0.25) is 0 Å². The van der Waals surface area contributed by atoms with Crippen molar-refractivity contribution in [3.8, 4) is 0 Å². The second-order valence-corrected chi connectivity index (χ2v) is 5.94. The Balaban J connectivity index is 2.59. The van der Waals surface area contributed by atoms with Crippen LogP contribution in [0.2, 0.25) is 0 Å². The Hall–Kier alpha value is 0. The van der Waals surface area contributed by atoms with Gasteiger partial charge in [0.25, 0.3) is 0 Å². The molecule has 0 aliphatic heterocycles. The Bertz CT molecular complexity index is 155. The summed E-state index contributed by atoms with van der Waals surface area (Å²) in [5.74, 6) is 2.76. The van der Waals surface area contributed by atoms with Crippen molar-refractivity contribution in [3.63, 3.8) is 0 Å². The van der Waals surface area contributed by atoms with Gasteiger partial charge in [-0.15, -0.1) is 0 Å². The summed E-state index contributed by atoms with van der Waals surface area (Å²) in [4.78, 5) is 0. The van der Waals surface area contributed by atoms with Gasteiger partial charge < -0.3 is 0 Å². The van der Waals surface area contributed by atoms with Gasteiger partial charge in [-0.1, -0.05) is 47.5 Å². The summed E-state index contributed by atoms with van der Waals surface area (Å²) in [5, 5.41) is 0. The summed E-state index contributed by atoms with van der Waals surface area (Å²) in [6.45, 7) is 12.1. The average molecular weight is 182 g/mol. The standard InChI is InChI=1S/C13H26/c1-10(2)13(4,5)12-8-6-7-11(3)9-12/h10-12H,6-9H2,1-5H3. The van der Waals surface area contributed by atoms with Crippen LogP contribution in [0.15, 0.2) is 0 Å². The maximum absolute atomic E-state index is 2.46. The van der Waals surface area contributed by atoms with Crippen LogP contribution in [0, 0.1) is 23.2 Å². The first-order chi connectivity index (χ1) is 5.94. The Labute approximate surface area is 84.1 Å². The molecule has 0 aromatic heterocycles. The fraction of sp³-hybridized carbons (Fsp3) is 1.00. The van der Waals surface area contributed by atoms with E-state index < -0.39 is 0 Å². The van der Waals surface area contributed by atoms with Crippen molar-refractivity contribution in [2.75, 3.05) is 0 Å². The summed E-state index contributed by atoms with van der Waals surface area (Å²) in [6.07, 6.45) is 5.85. The highest BCUT2D eigenvalue weighted by atomic mass is 14.4. The Kier molecular flexibility index (Phi) is 3.43. The molecule has 0 bridgehead atoms. The molecule has 2 unspecified atom stereocenters.